The lowest BCUT2D eigenvalue weighted by Crippen LogP contribution is -2.45. The van der Waals surface area contributed by atoms with E-state index in [-0.39, 0.29) is 6.10 Å². The van der Waals surface area contributed by atoms with Gasteiger partial charge in [0.25, 0.3) is 0 Å². The summed E-state index contributed by atoms with van der Waals surface area (Å²) in [5.41, 5.74) is 6.73. The summed E-state index contributed by atoms with van der Waals surface area (Å²) in [5.74, 6) is 0.943. The number of likely N-dealkylation sites (N-methyl/N-ethyl adjacent to an activating group) is 1. The highest BCUT2D eigenvalue weighted by molar-refractivity contribution is 5.27. The fourth-order valence-electron chi connectivity index (χ4n) is 2.69. The Morgan fingerprint density at radius 1 is 1.33 bits per heavy atom. The van der Waals surface area contributed by atoms with Crippen LogP contribution in [0.25, 0.3) is 0 Å². The number of benzene rings is 1. The highest BCUT2D eigenvalue weighted by atomic mass is 16.5. The maximum Gasteiger partial charge on any atom is 0.119 e. The number of nitrogens with two attached hydrogens (primary N) is 1. The fourth-order valence-corrected chi connectivity index (χ4v) is 2.69. The van der Waals surface area contributed by atoms with Crippen LogP contribution in [0.5, 0.6) is 5.75 Å². The maximum absolute atomic E-state index is 6.04. The second-order valence-corrected chi connectivity index (χ2v) is 5.21. The van der Waals surface area contributed by atoms with E-state index in [0.29, 0.717) is 12.6 Å². The SMILES string of the molecule is CC(Oc1ccc(CN)cc1)C1CCCCN1C. The molecule has 1 aromatic rings. The number of hydrogen-bond donors (Lipinski definition) is 1. The summed E-state index contributed by atoms with van der Waals surface area (Å²) in [6.45, 7) is 3.94. The fraction of sp³-hybridized carbons (Fsp3) is 0.600. The number of ether oxygens (including phenoxy) is 1. The Morgan fingerprint density at radius 2 is 2.06 bits per heavy atom. The minimum atomic E-state index is 0.235. The molecule has 2 atom stereocenters. The molecule has 2 rings (SSSR count). The number of nitrogens with zero attached hydrogens (tertiary/aromatic N) is 1. The molecule has 2 N–H and O–H groups in total. The number of hydrogen-bond acceptors (Lipinski definition) is 3. The molecule has 0 bridgehead atoms. The number of likely N-dealkylation sites (tertiary alicyclic amines) is 1. The normalized spacial score (nSPS) is 22.7. The molecule has 0 aliphatic carbocycles. The topological polar surface area (TPSA) is 38.5 Å². The van der Waals surface area contributed by atoms with Crippen molar-refractivity contribution in [3.63, 3.8) is 0 Å². The Bertz CT molecular complexity index is 363. The number of piperidine rings is 1. The van der Waals surface area contributed by atoms with E-state index in [2.05, 4.69) is 18.9 Å². The molecule has 1 heterocycles. The summed E-state index contributed by atoms with van der Waals surface area (Å²) in [7, 11) is 2.20. The summed E-state index contributed by atoms with van der Waals surface area (Å²) >= 11 is 0. The molecule has 0 radical (unpaired) electrons. The van der Waals surface area contributed by atoms with Crippen molar-refractivity contribution >= 4 is 0 Å². The Balaban J connectivity index is 1.94. The van der Waals surface area contributed by atoms with Gasteiger partial charge in [-0.25, -0.2) is 0 Å². The second kappa shape index (κ2) is 6.21. The van der Waals surface area contributed by atoms with E-state index < -0.39 is 0 Å². The van der Waals surface area contributed by atoms with Crippen molar-refractivity contribution in [3.8, 4) is 5.75 Å². The van der Waals surface area contributed by atoms with Gasteiger partial charge in [-0.2, -0.15) is 0 Å². The molecule has 2 unspecified atom stereocenters. The predicted molar refractivity (Wildman–Crippen MR) is 74.7 cm³/mol. The minimum Gasteiger partial charge on any atom is -0.489 e. The molecule has 18 heavy (non-hydrogen) atoms. The van der Waals surface area contributed by atoms with Gasteiger partial charge in [0.1, 0.15) is 11.9 Å². The van der Waals surface area contributed by atoms with E-state index in [1.807, 2.05) is 24.3 Å². The lowest BCUT2D eigenvalue weighted by atomic mass is 9.99. The lowest BCUT2D eigenvalue weighted by Gasteiger charge is -2.36. The van der Waals surface area contributed by atoms with Gasteiger partial charge in [-0.05, 0) is 51.1 Å². The summed E-state index contributed by atoms with van der Waals surface area (Å²) in [6, 6.07) is 8.63. The van der Waals surface area contributed by atoms with Gasteiger partial charge in [0.15, 0.2) is 0 Å². The molecule has 1 aliphatic heterocycles. The van der Waals surface area contributed by atoms with Crippen LogP contribution in [0.4, 0.5) is 0 Å². The molecule has 0 spiro atoms. The third-order valence-electron chi connectivity index (χ3n) is 3.85. The van der Waals surface area contributed by atoms with Gasteiger partial charge in [0, 0.05) is 12.6 Å². The standard InChI is InChI=1S/C15H24N2O/c1-12(15-5-3-4-10-17(15)2)18-14-8-6-13(11-16)7-9-14/h6-9,12,15H,3-5,10-11,16H2,1-2H3. The van der Waals surface area contributed by atoms with Crippen molar-refractivity contribution in [2.24, 2.45) is 5.73 Å². The van der Waals surface area contributed by atoms with Crippen molar-refractivity contribution in [2.45, 2.75) is 44.9 Å². The highest BCUT2D eigenvalue weighted by Crippen LogP contribution is 2.22. The molecule has 0 amide bonds. The van der Waals surface area contributed by atoms with Crippen LogP contribution in [0.2, 0.25) is 0 Å². The first-order valence-corrected chi connectivity index (χ1v) is 6.86. The number of rotatable bonds is 4. The van der Waals surface area contributed by atoms with Crippen LogP contribution in [0.15, 0.2) is 24.3 Å². The van der Waals surface area contributed by atoms with E-state index in [4.69, 9.17) is 10.5 Å². The zero-order valence-corrected chi connectivity index (χ0v) is 11.4. The van der Waals surface area contributed by atoms with E-state index >= 15 is 0 Å². The van der Waals surface area contributed by atoms with Gasteiger partial charge in [-0.15, -0.1) is 0 Å². The molecule has 1 aliphatic rings. The molecule has 1 fully saturated rings. The predicted octanol–water partition coefficient (Wildman–Crippen LogP) is 2.40. The first-order valence-electron chi connectivity index (χ1n) is 6.86. The summed E-state index contributed by atoms with van der Waals surface area (Å²) < 4.78 is 6.04. The maximum atomic E-state index is 6.04. The monoisotopic (exact) mass is 248 g/mol. The molecule has 0 aromatic heterocycles. The van der Waals surface area contributed by atoms with Gasteiger partial charge in [-0.1, -0.05) is 18.6 Å². The molecule has 100 valence electrons. The molecule has 1 aromatic carbocycles. The summed E-state index contributed by atoms with van der Waals surface area (Å²) in [4.78, 5) is 2.42. The zero-order chi connectivity index (χ0) is 13.0. The van der Waals surface area contributed by atoms with Crippen molar-refractivity contribution in [2.75, 3.05) is 13.6 Å². The molecular weight excluding hydrogens is 224 g/mol. The van der Waals surface area contributed by atoms with Crippen molar-refractivity contribution < 1.29 is 4.74 Å². The Morgan fingerprint density at radius 3 is 2.67 bits per heavy atom. The van der Waals surface area contributed by atoms with Crippen LogP contribution in [0.1, 0.15) is 31.7 Å². The van der Waals surface area contributed by atoms with Gasteiger partial charge >= 0.3 is 0 Å². The quantitative estimate of drug-likeness (QED) is 0.889. The third kappa shape index (κ3) is 3.24. The lowest BCUT2D eigenvalue weighted by molar-refractivity contribution is 0.0686. The van der Waals surface area contributed by atoms with Crippen LogP contribution in [-0.4, -0.2) is 30.6 Å². The van der Waals surface area contributed by atoms with Crippen LogP contribution in [0, 0.1) is 0 Å². The minimum absolute atomic E-state index is 0.235. The zero-order valence-electron chi connectivity index (χ0n) is 11.4. The molecule has 1 saturated heterocycles. The largest absolute Gasteiger partial charge is 0.489 e. The van der Waals surface area contributed by atoms with Gasteiger partial charge < -0.3 is 10.5 Å². The molecule has 0 saturated carbocycles. The van der Waals surface area contributed by atoms with Crippen LogP contribution in [-0.2, 0) is 6.54 Å². The summed E-state index contributed by atoms with van der Waals surface area (Å²) in [6.07, 6.45) is 4.09. The van der Waals surface area contributed by atoms with E-state index in [0.717, 1.165) is 11.3 Å². The van der Waals surface area contributed by atoms with E-state index in [1.54, 1.807) is 0 Å². The Hall–Kier alpha value is -1.06. The van der Waals surface area contributed by atoms with Crippen LogP contribution in [0.3, 0.4) is 0 Å². The first kappa shape index (κ1) is 13.4. The smallest absolute Gasteiger partial charge is 0.119 e. The van der Waals surface area contributed by atoms with Gasteiger partial charge in [0.05, 0.1) is 0 Å². The van der Waals surface area contributed by atoms with Gasteiger partial charge in [0.2, 0.25) is 0 Å². The highest BCUT2D eigenvalue weighted by Gasteiger charge is 2.25. The van der Waals surface area contributed by atoms with Crippen LogP contribution >= 0.6 is 0 Å². The second-order valence-electron chi connectivity index (χ2n) is 5.21. The van der Waals surface area contributed by atoms with E-state index in [9.17, 15) is 0 Å². The molecule has 3 heteroatoms. The van der Waals surface area contributed by atoms with E-state index in [1.165, 1.54) is 25.8 Å². The average Bonchev–Trinajstić information content (AvgIpc) is 2.40. The third-order valence-corrected chi connectivity index (χ3v) is 3.85. The van der Waals surface area contributed by atoms with Gasteiger partial charge in [-0.3, -0.25) is 4.90 Å². The first-order chi connectivity index (χ1) is 8.70. The molecular formula is C15H24N2O. The van der Waals surface area contributed by atoms with Crippen molar-refractivity contribution in [3.05, 3.63) is 29.8 Å². The average molecular weight is 248 g/mol. The Kier molecular flexibility index (Phi) is 4.61. The summed E-state index contributed by atoms with van der Waals surface area (Å²) in [5, 5.41) is 0. The van der Waals surface area contributed by atoms with Crippen LogP contribution < -0.4 is 10.5 Å². The van der Waals surface area contributed by atoms with Crippen molar-refractivity contribution in [1.82, 2.24) is 4.90 Å². The Labute approximate surface area is 110 Å². The van der Waals surface area contributed by atoms with Crippen molar-refractivity contribution in [1.29, 1.82) is 0 Å². The molecule has 3 nitrogen and oxygen atoms in total.